The first-order chi connectivity index (χ1) is 9.56. The summed E-state index contributed by atoms with van der Waals surface area (Å²) in [6.07, 6.45) is 5.82. The number of nitrogens with zero attached hydrogens (tertiary/aromatic N) is 3. The lowest BCUT2D eigenvalue weighted by atomic mass is 10.1. The number of rotatable bonds is 6. The Morgan fingerprint density at radius 1 is 1.35 bits per heavy atom. The van der Waals surface area contributed by atoms with Gasteiger partial charge in [0.15, 0.2) is 0 Å². The van der Waals surface area contributed by atoms with Crippen LogP contribution in [0.15, 0.2) is 30.6 Å². The molecule has 0 saturated carbocycles. The Balaban J connectivity index is 1.82. The molecule has 0 aliphatic heterocycles. The lowest BCUT2D eigenvalue weighted by Crippen LogP contribution is -2.20. The van der Waals surface area contributed by atoms with Crippen LogP contribution < -0.4 is 0 Å². The summed E-state index contributed by atoms with van der Waals surface area (Å²) >= 11 is 0. The molecule has 0 fully saturated rings. The second-order valence-electron chi connectivity index (χ2n) is 5.37. The van der Waals surface area contributed by atoms with Gasteiger partial charge in [0.05, 0.1) is 0 Å². The van der Waals surface area contributed by atoms with Crippen molar-refractivity contribution in [2.45, 2.75) is 26.3 Å². The Morgan fingerprint density at radius 2 is 2.15 bits per heavy atom. The quantitative estimate of drug-likeness (QED) is 0.808. The molecule has 1 aromatic carbocycles. The molecule has 108 valence electrons. The SMILES string of the molecule is Cc1ccc(F)cc1CN(C)CCCc1nccn1C. The number of benzene rings is 1. The van der Waals surface area contributed by atoms with E-state index in [0.717, 1.165) is 42.9 Å². The van der Waals surface area contributed by atoms with Crippen LogP contribution in [-0.2, 0) is 20.0 Å². The molecule has 0 amide bonds. The topological polar surface area (TPSA) is 21.1 Å². The summed E-state index contributed by atoms with van der Waals surface area (Å²) in [6, 6.07) is 4.98. The maximum absolute atomic E-state index is 13.3. The molecule has 0 unspecified atom stereocenters. The highest BCUT2D eigenvalue weighted by Gasteiger charge is 2.06. The molecule has 1 aromatic heterocycles. The number of halogens is 1. The highest BCUT2D eigenvalue weighted by Crippen LogP contribution is 2.12. The minimum atomic E-state index is -0.160. The van der Waals surface area contributed by atoms with E-state index in [9.17, 15) is 4.39 Å². The Bertz CT molecular complexity index is 563. The molecule has 20 heavy (non-hydrogen) atoms. The summed E-state index contributed by atoms with van der Waals surface area (Å²) in [7, 11) is 4.09. The fourth-order valence-electron chi connectivity index (χ4n) is 2.32. The van der Waals surface area contributed by atoms with Gasteiger partial charge in [-0.05, 0) is 50.2 Å². The molecule has 3 nitrogen and oxygen atoms in total. The Labute approximate surface area is 120 Å². The number of hydrogen-bond donors (Lipinski definition) is 0. The van der Waals surface area contributed by atoms with Crippen molar-refractivity contribution >= 4 is 0 Å². The molecule has 0 bridgehead atoms. The number of hydrogen-bond acceptors (Lipinski definition) is 2. The van der Waals surface area contributed by atoms with Gasteiger partial charge in [-0.1, -0.05) is 6.07 Å². The highest BCUT2D eigenvalue weighted by molar-refractivity contribution is 5.26. The van der Waals surface area contributed by atoms with Gasteiger partial charge in [0.25, 0.3) is 0 Å². The summed E-state index contributed by atoms with van der Waals surface area (Å²) in [5.41, 5.74) is 2.20. The molecular weight excluding hydrogens is 253 g/mol. The normalized spacial score (nSPS) is 11.2. The molecule has 4 heteroatoms. The van der Waals surface area contributed by atoms with E-state index in [2.05, 4.69) is 21.5 Å². The van der Waals surface area contributed by atoms with Gasteiger partial charge in [-0.15, -0.1) is 0 Å². The van der Waals surface area contributed by atoms with Crippen LogP contribution in [0.1, 0.15) is 23.4 Å². The number of aryl methyl sites for hydroxylation is 3. The third kappa shape index (κ3) is 3.90. The fraction of sp³-hybridized carbons (Fsp3) is 0.438. The molecule has 0 N–H and O–H groups in total. The monoisotopic (exact) mass is 275 g/mol. The largest absolute Gasteiger partial charge is 0.338 e. The summed E-state index contributed by atoms with van der Waals surface area (Å²) in [6.45, 7) is 3.78. The molecule has 2 aromatic rings. The van der Waals surface area contributed by atoms with Crippen LogP contribution in [-0.4, -0.2) is 28.0 Å². The molecule has 1 heterocycles. The number of aromatic nitrogens is 2. The standard InChI is InChI=1S/C16H22FN3/c1-13-6-7-15(17)11-14(13)12-19(2)9-4-5-16-18-8-10-20(16)3/h6-8,10-11H,4-5,9,12H2,1-3H3. The minimum Gasteiger partial charge on any atom is -0.338 e. The van der Waals surface area contributed by atoms with E-state index in [-0.39, 0.29) is 5.82 Å². The zero-order chi connectivity index (χ0) is 14.5. The predicted octanol–water partition coefficient (Wildman–Crippen LogP) is 2.93. The van der Waals surface area contributed by atoms with Crippen molar-refractivity contribution in [1.29, 1.82) is 0 Å². The van der Waals surface area contributed by atoms with Crippen molar-refractivity contribution in [2.75, 3.05) is 13.6 Å². The zero-order valence-corrected chi connectivity index (χ0v) is 12.4. The molecule has 0 spiro atoms. The van der Waals surface area contributed by atoms with E-state index in [1.807, 2.05) is 32.4 Å². The smallest absolute Gasteiger partial charge is 0.123 e. The van der Waals surface area contributed by atoms with Gasteiger partial charge in [-0.2, -0.15) is 0 Å². The van der Waals surface area contributed by atoms with Crippen molar-refractivity contribution in [1.82, 2.24) is 14.5 Å². The first-order valence-corrected chi connectivity index (χ1v) is 6.96. The summed E-state index contributed by atoms with van der Waals surface area (Å²) < 4.78 is 15.3. The van der Waals surface area contributed by atoms with Gasteiger partial charge >= 0.3 is 0 Å². The highest BCUT2D eigenvalue weighted by atomic mass is 19.1. The van der Waals surface area contributed by atoms with Crippen LogP contribution >= 0.6 is 0 Å². The average Bonchev–Trinajstić information content (AvgIpc) is 2.80. The van der Waals surface area contributed by atoms with Crippen LogP contribution in [0.2, 0.25) is 0 Å². The summed E-state index contributed by atoms with van der Waals surface area (Å²) in [5.74, 6) is 0.951. The van der Waals surface area contributed by atoms with Crippen LogP contribution in [0.3, 0.4) is 0 Å². The van der Waals surface area contributed by atoms with Gasteiger partial charge in [-0.25, -0.2) is 9.37 Å². The third-order valence-corrected chi connectivity index (χ3v) is 3.61. The van der Waals surface area contributed by atoms with E-state index in [1.165, 1.54) is 6.07 Å². The maximum atomic E-state index is 13.3. The van der Waals surface area contributed by atoms with Crippen molar-refractivity contribution < 1.29 is 4.39 Å². The third-order valence-electron chi connectivity index (χ3n) is 3.61. The molecule has 0 radical (unpaired) electrons. The first-order valence-electron chi connectivity index (χ1n) is 6.96. The van der Waals surface area contributed by atoms with Crippen LogP contribution in [0.4, 0.5) is 4.39 Å². The minimum absolute atomic E-state index is 0.160. The molecule has 0 saturated heterocycles. The van der Waals surface area contributed by atoms with Gasteiger partial charge < -0.3 is 9.47 Å². The van der Waals surface area contributed by atoms with Crippen LogP contribution in [0.25, 0.3) is 0 Å². The maximum Gasteiger partial charge on any atom is 0.123 e. The Kier molecular flexibility index (Phi) is 4.90. The van der Waals surface area contributed by atoms with Gasteiger partial charge in [-0.3, -0.25) is 0 Å². The van der Waals surface area contributed by atoms with Crippen LogP contribution in [0, 0.1) is 12.7 Å². The first kappa shape index (κ1) is 14.7. The van der Waals surface area contributed by atoms with Crippen molar-refractivity contribution in [2.24, 2.45) is 7.05 Å². The van der Waals surface area contributed by atoms with E-state index in [0.29, 0.717) is 0 Å². The second kappa shape index (κ2) is 6.66. The second-order valence-corrected chi connectivity index (χ2v) is 5.37. The fourth-order valence-corrected chi connectivity index (χ4v) is 2.32. The predicted molar refractivity (Wildman–Crippen MR) is 79.0 cm³/mol. The molecule has 2 rings (SSSR count). The molecule has 0 aliphatic rings. The van der Waals surface area contributed by atoms with E-state index < -0.39 is 0 Å². The van der Waals surface area contributed by atoms with Crippen molar-refractivity contribution in [3.05, 3.63) is 53.4 Å². The van der Waals surface area contributed by atoms with Crippen LogP contribution in [0.5, 0.6) is 0 Å². The van der Waals surface area contributed by atoms with Crippen molar-refractivity contribution in [3.8, 4) is 0 Å². The van der Waals surface area contributed by atoms with E-state index >= 15 is 0 Å². The Morgan fingerprint density at radius 3 is 2.85 bits per heavy atom. The van der Waals surface area contributed by atoms with E-state index in [4.69, 9.17) is 0 Å². The Hall–Kier alpha value is -1.68. The van der Waals surface area contributed by atoms with Gasteiger partial charge in [0, 0.05) is 32.4 Å². The lowest BCUT2D eigenvalue weighted by Gasteiger charge is -2.18. The van der Waals surface area contributed by atoms with Crippen molar-refractivity contribution in [3.63, 3.8) is 0 Å². The van der Waals surface area contributed by atoms with Gasteiger partial charge in [0.1, 0.15) is 11.6 Å². The lowest BCUT2D eigenvalue weighted by molar-refractivity contribution is 0.319. The molecule has 0 aliphatic carbocycles. The summed E-state index contributed by atoms with van der Waals surface area (Å²) in [5, 5.41) is 0. The zero-order valence-electron chi connectivity index (χ0n) is 12.4. The van der Waals surface area contributed by atoms with Gasteiger partial charge in [0.2, 0.25) is 0 Å². The summed E-state index contributed by atoms with van der Waals surface area (Å²) in [4.78, 5) is 6.54. The molecule has 0 atom stereocenters. The van der Waals surface area contributed by atoms with E-state index in [1.54, 1.807) is 6.07 Å². The average molecular weight is 275 g/mol. The molecular formula is C16H22FN3. The number of imidazole rings is 1.